The number of para-hydroxylation sites is 3. The van der Waals surface area contributed by atoms with Crippen LogP contribution in [0, 0.1) is 0 Å². The summed E-state index contributed by atoms with van der Waals surface area (Å²) in [6.45, 7) is 3.96. The van der Waals surface area contributed by atoms with Gasteiger partial charge >= 0.3 is 0 Å². The lowest BCUT2D eigenvalue weighted by molar-refractivity contribution is -0.106. The number of nitrogens with zero attached hydrogens (tertiary/aromatic N) is 2. The molecule has 0 saturated heterocycles. The summed E-state index contributed by atoms with van der Waals surface area (Å²) in [5.41, 5.74) is 3.15. The van der Waals surface area contributed by atoms with Crippen LogP contribution in [-0.2, 0) is 4.79 Å². The summed E-state index contributed by atoms with van der Waals surface area (Å²) in [5, 5.41) is -0.606. The van der Waals surface area contributed by atoms with Gasteiger partial charge in [0.05, 0.1) is 17.1 Å². The predicted molar refractivity (Wildman–Crippen MR) is 82.1 cm³/mol. The fraction of sp³-hybridized carbons (Fsp3) is 0. The molecule has 0 aliphatic carbocycles. The van der Waals surface area contributed by atoms with E-state index in [1.54, 1.807) is 0 Å². The van der Waals surface area contributed by atoms with Gasteiger partial charge in [-0.3, -0.25) is 4.79 Å². The maximum atomic E-state index is 11.5. The summed E-state index contributed by atoms with van der Waals surface area (Å²) in [5.74, 6) is 0. The van der Waals surface area contributed by atoms with Crippen molar-refractivity contribution in [2.45, 2.75) is 0 Å². The highest BCUT2D eigenvalue weighted by atomic mass is 35.5. The summed E-state index contributed by atoms with van der Waals surface area (Å²) < 4.78 is 0. The molecule has 0 aromatic heterocycles. The molecule has 3 rings (SSSR count). The van der Waals surface area contributed by atoms with E-state index >= 15 is 0 Å². The number of carbonyl (C=O) groups excluding carboxylic acids is 1. The number of anilines is 2. The smallest absolute Gasteiger partial charge is 0.272 e. The number of aliphatic imine (C=N–C) groups is 1. The van der Waals surface area contributed by atoms with E-state index in [1.807, 2.05) is 59.5 Å². The first-order valence-electron chi connectivity index (χ1n) is 6.10. The number of halogens is 1. The first-order valence-corrected chi connectivity index (χ1v) is 6.48. The number of benzene rings is 2. The van der Waals surface area contributed by atoms with E-state index in [-0.39, 0.29) is 5.71 Å². The van der Waals surface area contributed by atoms with Crippen LogP contribution in [0.25, 0.3) is 0 Å². The SMILES string of the molecule is C=C1C(C(=O)Cl)=Nc2ccccc2N1c1ccccc1. The van der Waals surface area contributed by atoms with Gasteiger partial charge in [0, 0.05) is 5.69 Å². The maximum absolute atomic E-state index is 11.5. The van der Waals surface area contributed by atoms with Crippen LogP contribution in [0.1, 0.15) is 0 Å². The Balaban J connectivity index is 2.22. The van der Waals surface area contributed by atoms with Crippen LogP contribution < -0.4 is 4.90 Å². The Kier molecular flexibility index (Phi) is 3.12. The Bertz CT molecular complexity index is 722. The molecule has 1 aliphatic heterocycles. The molecule has 0 radical (unpaired) electrons. The molecule has 2 aromatic rings. The summed E-state index contributed by atoms with van der Waals surface area (Å²) >= 11 is 5.61. The number of rotatable bonds is 2. The number of hydrogen-bond donors (Lipinski definition) is 0. The lowest BCUT2D eigenvalue weighted by atomic mass is 10.1. The molecule has 3 nitrogen and oxygen atoms in total. The van der Waals surface area contributed by atoms with Crippen LogP contribution in [-0.4, -0.2) is 11.0 Å². The first-order chi connectivity index (χ1) is 9.68. The third kappa shape index (κ3) is 2.02. The minimum atomic E-state index is -0.606. The van der Waals surface area contributed by atoms with E-state index in [1.165, 1.54) is 0 Å². The van der Waals surface area contributed by atoms with Gasteiger partial charge in [0.15, 0.2) is 0 Å². The molecule has 4 heteroatoms. The second kappa shape index (κ2) is 4.94. The lowest BCUT2D eigenvalue weighted by Crippen LogP contribution is -2.28. The number of carbonyl (C=O) groups is 1. The van der Waals surface area contributed by atoms with Crippen molar-refractivity contribution < 1.29 is 4.79 Å². The molecule has 0 unspecified atom stereocenters. The lowest BCUT2D eigenvalue weighted by Gasteiger charge is -2.31. The van der Waals surface area contributed by atoms with Gasteiger partial charge in [0.1, 0.15) is 5.71 Å². The summed E-state index contributed by atoms with van der Waals surface area (Å²) in [6.07, 6.45) is 0. The molecule has 1 aliphatic rings. The fourth-order valence-corrected chi connectivity index (χ4v) is 2.36. The number of fused-ring (bicyclic) bond motifs is 1. The molecular weight excluding hydrogens is 272 g/mol. The molecule has 0 spiro atoms. The van der Waals surface area contributed by atoms with Crippen molar-refractivity contribution in [3.05, 3.63) is 66.9 Å². The van der Waals surface area contributed by atoms with Gasteiger partial charge in [-0.1, -0.05) is 36.9 Å². The second-order valence-corrected chi connectivity index (χ2v) is 4.68. The van der Waals surface area contributed by atoms with E-state index in [0.29, 0.717) is 11.4 Å². The number of hydrogen-bond acceptors (Lipinski definition) is 3. The minimum absolute atomic E-state index is 0.175. The van der Waals surface area contributed by atoms with Crippen molar-refractivity contribution >= 4 is 39.6 Å². The van der Waals surface area contributed by atoms with Crippen molar-refractivity contribution in [2.75, 3.05) is 4.90 Å². The third-order valence-electron chi connectivity index (χ3n) is 3.10. The maximum Gasteiger partial charge on any atom is 0.272 e. The van der Waals surface area contributed by atoms with Gasteiger partial charge in [-0.05, 0) is 35.9 Å². The normalized spacial score (nSPS) is 13.8. The highest BCUT2D eigenvalue weighted by molar-refractivity contribution is 6.84. The zero-order valence-electron chi connectivity index (χ0n) is 10.6. The van der Waals surface area contributed by atoms with Crippen molar-refractivity contribution in [1.29, 1.82) is 0 Å². The standard InChI is InChI=1S/C16H11ClN2O/c1-11-15(16(17)20)18-13-9-5-6-10-14(13)19(11)12-7-3-2-4-8-12/h2-10H,1H2. The highest BCUT2D eigenvalue weighted by Crippen LogP contribution is 2.40. The van der Waals surface area contributed by atoms with Crippen molar-refractivity contribution in [3.8, 4) is 0 Å². The zero-order valence-corrected chi connectivity index (χ0v) is 11.3. The van der Waals surface area contributed by atoms with Crippen LogP contribution in [0.15, 0.2) is 71.9 Å². The third-order valence-corrected chi connectivity index (χ3v) is 3.28. The van der Waals surface area contributed by atoms with Crippen LogP contribution in [0.5, 0.6) is 0 Å². The Morgan fingerprint density at radius 1 is 1.05 bits per heavy atom. The molecule has 0 fully saturated rings. The molecule has 20 heavy (non-hydrogen) atoms. The Labute approximate surface area is 121 Å². The second-order valence-electron chi connectivity index (χ2n) is 4.34. The molecule has 0 amide bonds. The fourth-order valence-electron chi connectivity index (χ4n) is 2.21. The molecule has 2 aromatic carbocycles. The van der Waals surface area contributed by atoms with Crippen molar-refractivity contribution in [3.63, 3.8) is 0 Å². The zero-order chi connectivity index (χ0) is 14.1. The highest BCUT2D eigenvalue weighted by Gasteiger charge is 2.27. The van der Waals surface area contributed by atoms with Crippen LogP contribution in [0.4, 0.5) is 17.1 Å². The van der Waals surface area contributed by atoms with Crippen LogP contribution in [0.2, 0.25) is 0 Å². The summed E-state index contributed by atoms with van der Waals surface area (Å²) in [4.78, 5) is 17.7. The van der Waals surface area contributed by atoms with Crippen LogP contribution in [0.3, 0.4) is 0 Å². The van der Waals surface area contributed by atoms with Gasteiger partial charge < -0.3 is 4.90 Å². The van der Waals surface area contributed by atoms with Crippen LogP contribution >= 0.6 is 11.6 Å². The number of allylic oxidation sites excluding steroid dienone is 1. The van der Waals surface area contributed by atoms with E-state index in [9.17, 15) is 4.79 Å². The Hall–Kier alpha value is -2.39. The van der Waals surface area contributed by atoms with E-state index in [4.69, 9.17) is 11.6 Å². The molecule has 0 atom stereocenters. The molecule has 0 bridgehead atoms. The molecule has 0 saturated carbocycles. The van der Waals surface area contributed by atoms with Gasteiger partial charge in [-0.15, -0.1) is 0 Å². The largest absolute Gasteiger partial charge is 0.307 e. The quantitative estimate of drug-likeness (QED) is 0.774. The molecular formula is C16H11ClN2O. The Morgan fingerprint density at radius 3 is 2.40 bits per heavy atom. The average Bonchev–Trinajstić information content (AvgIpc) is 2.47. The van der Waals surface area contributed by atoms with E-state index in [2.05, 4.69) is 11.6 Å². The van der Waals surface area contributed by atoms with Gasteiger partial charge in [-0.2, -0.15) is 0 Å². The molecule has 1 heterocycles. The predicted octanol–water partition coefficient (Wildman–Crippen LogP) is 4.19. The topological polar surface area (TPSA) is 32.7 Å². The first kappa shape index (κ1) is 12.6. The van der Waals surface area contributed by atoms with Gasteiger partial charge in [0.25, 0.3) is 5.24 Å². The van der Waals surface area contributed by atoms with Gasteiger partial charge in [-0.25, -0.2) is 4.99 Å². The monoisotopic (exact) mass is 282 g/mol. The molecule has 0 N–H and O–H groups in total. The summed E-state index contributed by atoms with van der Waals surface area (Å²) in [7, 11) is 0. The Morgan fingerprint density at radius 2 is 1.70 bits per heavy atom. The van der Waals surface area contributed by atoms with E-state index < -0.39 is 5.24 Å². The van der Waals surface area contributed by atoms with Crippen molar-refractivity contribution in [1.82, 2.24) is 0 Å². The van der Waals surface area contributed by atoms with E-state index in [0.717, 1.165) is 11.4 Å². The summed E-state index contributed by atoms with van der Waals surface area (Å²) in [6, 6.07) is 17.3. The molecule has 98 valence electrons. The average molecular weight is 283 g/mol. The minimum Gasteiger partial charge on any atom is -0.307 e. The van der Waals surface area contributed by atoms with Crippen molar-refractivity contribution in [2.24, 2.45) is 4.99 Å². The van der Waals surface area contributed by atoms with Gasteiger partial charge in [0.2, 0.25) is 0 Å².